The van der Waals surface area contributed by atoms with Crippen LogP contribution in [0, 0.1) is 12.8 Å². The van der Waals surface area contributed by atoms with Crippen molar-refractivity contribution in [2.24, 2.45) is 11.7 Å². The first-order valence-corrected chi connectivity index (χ1v) is 7.86. The summed E-state index contributed by atoms with van der Waals surface area (Å²) in [6.45, 7) is 6.30. The topological polar surface area (TPSA) is 64.9 Å². The van der Waals surface area contributed by atoms with E-state index in [-0.39, 0.29) is 6.04 Å². The highest BCUT2D eigenvalue weighted by molar-refractivity contribution is 7.98. The van der Waals surface area contributed by atoms with Gasteiger partial charge in [0.2, 0.25) is 5.89 Å². The number of hydrogen-bond donors (Lipinski definition) is 1. The summed E-state index contributed by atoms with van der Waals surface area (Å²) in [5.41, 5.74) is 8.64. The van der Waals surface area contributed by atoms with Crippen molar-refractivity contribution >= 4 is 11.8 Å². The molecule has 0 saturated heterocycles. The lowest BCUT2D eigenvalue weighted by Crippen LogP contribution is -2.18. The van der Waals surface area contributed by atoms with Gasteiger partial charge in [0.15, 0.2) is 0 Å². The molecule has 108 valence electrons. The van der Waals surface area contributed by atoms with Gasteiger partial charge in [-0.25, -0.2) is 0 Å². The number of aromatic nitrogens is 2. The van der Waals surface area contributed by atoms with Crippen LogP contribution in [0.25, 0.3) is 0 Å². The summed E-state index contributed by atoms with van der Waals surface area (Å²) in [7, 11) is 0. The number of aryl methyl sites for hydroxylation is 1. The average Bonchev–Trinajstić information content (AvgIpc) is 2.93. The van der Waals surface area contributed by atoms with Crippen molar-refractivity contribution in [1.82, 2.24) is 10.2 Å². The van der Waals surface area contributed by atoms with E-state index in [9.17, 15) is 0 Å². The Hall–Kier alpha value is -1.33. The largest absolute Gasteiger partial charge is 0.414 e. The first-order chi connectivity index (χ1) is 9.61. The van der Waals surface area contributed by atoms with Crippen molar-refractivity contribution in [2.45, 2.75) is 44.2 Å². The van der Waals surface area contributed by atoms with Crippen LogP contribution in [0.1, 0.15) is 43.3 Å². The molecule has 0 aliphatic heterocycles. The quantitative estimate of drug-likeness (QED) is 0.822. The summed E-state index contributed by atoms with van der Waals surface area (Å²) >= 11 is 1.55. The predicted molar refractivity (Wildman–Crippen MR) is 81.4 cm³/mol. The van der Waals surface area contributed by atoms with Crippen LogP contribution in [0.4, 0.5) is 0 Å². The SMILES string of the molecule is CC[C@@H](C)[C@H](N)c1nnc(SCc2ccccc2C)o1. The van der Waals surface area contributed by atoms with Crippen LogP contribution in [-0.2, 0) is 5.75 Å². The van der Waals surface area contributed by atoms with E-state index in [4.69, 9.17) is 10.2 Å². The molecule has 20 heavy (non-hydrogen) atoms. The molecule has 1 aromatic carbocycles. The third-order valence-corrected chi connectivity index (χ3v) is 4.44. The monoisotopic (exact) mass is 291 g/mol. The molecule has 2 aromatic rings. The molecule has 0 unspecified atom stereocenters. The molecule has 0 aliphatic carbocycles. The van der Waals surface area contributed by atoms with Gasteiger partial charge >= 0.3 is 0 Å². The zero-order chi connectivity index (χ0) is 14.5. The van der Waals surface area contributed by atoms with Gasteiger partial charge in [-0.2, -0.15) is 0 Å². The number of nitrogens with zero attached hydrogens (tertiary/aromatic N) is 2. The Kier molecular flexibility index (Phi) is 5.20. The van der Waals surface area contributed by atoms with Crippen molar-refractivity contribution in [2.75, 3.05) is 0 Å². The lowest BCUT2D eigenvalue weighted by atomic mass is 10.0. The fraction of sp³-hybridized carbons (Fsp3) is 0.467. The smallest absolute Gasteiger partial charge is 0.276 e. The normalized spacial score (nSPS) is 14.2. The Bertz CT molecular complexity index is 556. The van der Waals surface area contributed by atoms with Gasteiger partial charge in [0.25, 0.3) is 5.22 Å². The van der Waals surface area contributed by atoms with Crippen LogP contribution in [0.15, 0.2) is 33.9 Å². The van der Waals surface area contributed by atoms with E-state index in [2.05, 4.69) is 43.1 Å². The summed E-state index contributed by atoms with van der Waals surface area (Å²) in [4.78, 5) is 0. The maximum atomic E-state index is 6.09. The lowest BCUT2D eigenvalue weighted by molar-refractivity contribution is 0.333. The van der Waals surface area contributed by atoms with Crippen LogP contribution in [0.2, 0.25) is 0 Å². The van der Waals surface area contributed by atoms with Crippen LogP contribution >= 0.6 is 11.8 Å². The molecule has 0 saturated carbocycles. The summed E-state index contributed by atoms with van der Waals surface area (Å²) in [6.07, 6.45) is 0.995. The maximum absolute atomic E-state index is 6.09. The molecule has 0 radical (unpaired) electrons. The molecule has 1 aromatic heterocycles. The van der Waals surface area contributed by atoms with Gasteiger partial charge < -0.3 is 10.2 Å². The Balaban J connectivity index is 1.98. The Labute approximate surface area is 124 Å². The van der Waals surface area contributed by atoms with Gasteiger partial charge in [-0.1, -0.05) is 56.3 Å². The third kappa shape index (κ3) is 3.61. The fourth-order valence-electron chi connectivity index (χ4n) is 1.82. The molecule has 1 heterocycles. The molecule has 2 rings (SSSR count). The summed E-state index contributed by atoms with van der Waals surface area (Å²) in [5.74, 6) is 1.70. The molecule has 0 fully saturated rings. The molecular weight excluding hydrogens is 270 g/mol. The van der Waals surface area contributed by atoms with Gasteiger partial charge in [0.05, 0.1) is 6.04 Å². The van der Waals surface area contributed by atoms with Gasteiger partial charge in [-0.15, -0.1) is 10.2 Å². The van der Waals surface area contributed by atoms with Crippen molar-refractivity contribution in [1.29, 1.82) is 0 Å². The molecule has 0 bridgehead atoms. The van der Waals surface area contributed by atoms with Crippen LogP contribution in [-0.4, -0.2) is 10.2 Å². The molecule has 0 spiro atoms. The van der Waals surface area contributed by atoms with E-state index in [0.717, 1.165) is 12.2 Å². The number of rotatable bonds is 6. The van der Waals surface area contributed by atoms with Gasteiger partial charge in [0, 0.05) is 5.75 Å². The highest BCUT2D eigenvalue weighted by Crippen LogP contribution is 2.26. The second-order valence-electron chi connectivity index (χ2n) is 5.03. The van der Waals surface area contributed by atoms with Crippen LogP contribution in [0.3, 0.4) is 0 Å². The first-order valence-electron chi connectivity index (χ1n) is 6.88. The van der Waals surface area contributed by atoms with Crippen molar-refractivity contribution in [3.63, 3.8) is 0 Å². The first kappa shape index (κ1) is 15.1. The minimum atomic E-state index is -0.180. The van der Waals surface area contributed by atoms with Crippen LogP contribution in [0.5, 0.6) is 0 Å². The van der Waals surface area contributed by atoms with Crippen molar-refractivity contribution in [3.05, 3.63) is 41.3 Å². The lowest BCUT2D eigenvalue weighted by Gasteiger charge is -2.13. The van der Waals surface area contributed by atoms with Gasteiger partial charge in [0.1, 0.15) is 0 Å². The molecule has 0 amide bonds. The van der Waals surface area contributed by atoms with Crippen LogP contribution < -0.4 is 5.73 Å². The van der Waals surface area contributed by atoms with E-state index in [0.29, 0.717) is 17.0 Å². The van der Waals surface area contributed by atoms with E-state index >= 15 is 0 Å². The van der Waals surface area contributed by atoms with E-state index < -0.39 is 0 Å². The summed E-state index contributed by atoms with van der Waals surface area (Å²) in [6, 6.07) is 8.12. The molecule has 4 nitrogen and oxygen atoms in total. The number of thioether (sulfide) groups is 1. The third-order valence-electron chi connectivity index (χ3n) is 3.58. The average molecular weight is 291 g/mol. The van der Waals surface area contributed by atoms with Crippen molar-refractivity contribution < 1.29 is 4.42 Å². The van der Waals surface area contributed by atoms with E-state index in [1.165, 1.54) is 11.1 Å². The second-order valence-corrected chi connectivity index (χ2v) is 5.96. The number of benzene rings is 1. The molecular formula is C15H21N3OS. The van der Waals surface area contributed by atoms with E-state index in [1.807, 2.05) is 12.1 Å². The van der Waals surface area contributed by atoms with Gasteiger partial charge in [-0.05, 0) is 24.0 Å². The highest BCUT2D eigenvalue weighted by Gasteiger charge is 2.19. The minimum absolute atomic E-state index is 0.180. The fourth-order valence-corrected chi connectivity index (χ4v) is 2.67. The number of nitrogens with two attached hydrogens (primary N) is 1. The zero-order valence-corrected chi connectivity index (χ0v) is 13.0. The van der Waals surface area contributed by atoms with Gasteiger partial charge in [-0.3, -0.25) is 0 Å². The number of hydrogen-bond acceptors (Lipinski definition) is 5. The standard InChI is InChI=1S/C15H21N3OS/c1-4-10(2)13(16)14-17-18-15(19-14)20-9-12-8-6-5-7-11(12)3/h5-8,10,13H,4,9,16H2,1-3H3/t10-,13+/m1/s1. The maximum Gasteiger partial charge on any atom is 0.276 e. The summed E-state index contributed by atoms with van der Waals surface area (Å²) in [5, 5.41) is 8.71. The Morgan fingerprint density at radius 1 is 1.30 bits per heavy atom. The molecule has 2 atom stereocenters. The second kappa shape index (κ2) is 6.90. The summed E-state index contributed by atoms with van der Waals surface area (Å²) < 4.78 is 5.65. The Morgan fingerprint density at radius 2 is 2.05 bits per heavy atom. The predicted octanol–water partition coefficient (Wildman–Crippen LogP) is 3.72. The van der Waals surface area contributed by atoms with Crippen molar-refractivity contribution in [3.8, 4) is 0 Å². The molecule has 5 heteroatoms. The van der Waals surface area contributed by atoms with E-state index in [1.54, 1.807) is 11.8 Å². The zero-order valence-electron chi connectivity index (χ0n) is 12.2. The molecule has 2 N–H and O–H groups in total. The highest BCUT2D eigenvalue weighted by atomic mass is 32.2. The minimum Gasteiger partial charge on any atom is -0.414 e. The Morgan fingerprint density at radius 3 is 2.75 bits per heavy atom. The molecule has 0 aliphatic rings.